The number of rotatable bonds is 3. The van der Waals surface area contributed by atoms with E-state index in [0.29, 0.717) is 0 Å². The summed E-state index contributed by atoms with van der Waals surface area (Å²) in [7, 11) is 1.29. The predicted octanol–water partition coefficient (Wildman–Crippen LogP) is -0.414. The minimum atomic E-state index is -1.79. The molecule has 1 aromatic heterocycles. The van der Waals surface area contributed by atoms with Gasteiger partial charge in [0, 0.05) is 12.1 Å². The molecule has 0 saturated carbocycles. The first-order chi connectivity index (χ1) is 14.7. The van der Waals surface area contributed by atoms with Gasteiger partial charge in [-0.3, -0.25) is 4.79 Å². The highest BCUT2D eigenvalue weighted by atomic mass is 16.5. The Morgan fingerprint density at radius 3 is 2.29 bits per heavy atom. The summed E-state index contributed by atoms with van der Waals surface area (Å²) >= 11 is 0. The molecule has 0 bridgehead atoms. The number of fused-ring (bicyclic) bond motifs is 2. The smallest absolute Gasteiger partial charge is 0.204 e. The topological polar surface area (TPSA) is 190 Å². The third kappa shape index (κ3) is 3.14. The summed E-state index contributed by atoms with van der Waals surface area (Å²) in [6.07, 6.45) is -8.07. The monoisotopic (exact) mass is 436 g/mol. The number of aliphatic hydroxyl groups is 4. The van der Waals surface area contributed by atoms with Crippen LogP contribution < -0.4 is 10.2 Å². The fourth-order valence-electron chi connectivity index (χ4n) is 3.80. The van der Waals surface area contributed by atoms with E-state index < -0.39 is 59.6 Å². The van der Waals surface area contributed by atoms with Gasteiger partial charge in [0.15, 0.2) is 11.5 Å². The zero-order valence-corrected chi connectivity index (χ0v) is 16.1. The molecule has 0 spiro atoms. The standard InChI is InChI=1S/C20H20O11/c1-29-10-2-6-9(3-7(10)22)30-11-4-8(23)13(17(26)14(11)15(6)24)20-19(28)18(27)16(25)12(5-21)31-20/h2-4,12,16,18-23,25-28H,5H2,1H3. The van der Waals surface area contributed by atoms with Crippen LogP contribution in [-0.4, -0.2) is 73.9 Å². The quantitative estimate of drug-likeness (QED) is 0.264. The van der Waals surface area contributed by atoms with Crippen molar-refractivity contribution in [1.29, 1.82) is 0 Å². The molecule has 1 aliphatic rings. The minimum absolute atomic E-state index is 0.00780. The van der Waals surface area contributed by atoms with Crippen molar-refractivity contribution in [2.45, 2.75) is 30.5 Å². The van der Waals surface area contributed by atoms with Gasteiger partial charge in [0.25, 0.3) is 0 Å². The second-order valence-electron chi connectivity index (χ2n) is 7.23. The Morgan fingerprint density at radius 1 is 0.968 bits per heavy atom. The molecule has 5 atom stereocenters. The first-order valence-corrected chi connectivity index (χ1v) is 9.22. The van der Waals surface area contributed by atoms with Crippen LogP contribution in [0.2, 0.25) is 0 Å². The van der Waals surface area contributed by atoms with Crippen molar-refractivity contribution in [2.75, 3.05) is 13.7 Å². The first-order valence-electron chi connectivity index (χ1n) is 9.22. The molecule has 166 valence electrons. The molecule has 0 radical (unpaired) electrons. The molecule has 7 N–H and O–H groups in total. The Balaban J connectivity index is 1.97. The Labute approximate surface area is 173 Å². The van der Waals surface area contributed by atoms with E-state index in [9.17, 15) is 40.5 Å². The Morgan fingerprint density at radius 2 is 1.65 bits per heavy atom. The minimum Gasteiger partial charge on any atom is -0.507 e. The molecule has 11 heteroatoms. The molecule has 2 aromatic carbocycles. The average molecular weight is 436 g/mol. The van der Waals surface area contributed by atoms with Crippen LogP contribution in [-0.2, 0) is 4.74 Å². The van der Waals surface area contributed by atoms with E-state index in [1.54, 1.807) is 0 Å². The largest absolute Gasteiger partial charge is 0.507 e. The van der Waals surface area contributed by atoms with Gasteiger partial charge >= 0.3 is 0 Å². The van der Waals surface area contributed by atoms with Crippen molar-refractivity contribution in [3.8, 4) is 23.0 Å². The van der Waals surface area contributed by atoms with E-state index >= 15 is 0 Å². The number of ether oxygens (including phenoxy) is 2. The van der Waals surface area contributed by atoms with Crippen molar-refractivity contribution in [1.82, 2.24) is 0 Å². The van der Waals surface area contributed by atoms with Gasteiger partial charge in [0.2, 0.25) is 5.43 Å². The lowest BCUT2D eigenvalue weighted by molar-refractivity contribution is -0.232. The normalized spacial score (nSPS) is 26.4. The van der Waals surface area contributed by atoms with Gasteiger partial charge in [-0.05, 0) is 6.07 Å². The van der Waals surface area contributed by atoms with Gasteiger partial charge in [0.1, 0.15) is 58.6 Å². The van der Waals surface area contributed by atoms with Gasteiger partial charge < -0.3 is 49.6 Å². The molecule has 11 nitrogen and oxygen atoms in total. The summed E-state index contributed by atoms with van der Waals surface area (Å²) in [6, 6.07) is 3.37. The molecule has 5 unspecified atom stereocenters. The molecule has 1 fully saturated rings. The number of hydrogen-bond acceptors (Lipinski definition) is 11. The Hall–Kier alpha value is -3.09. The fourth-order valence-corrected chi connectivity index (χ4v) is 3.80. The summed E-state index contributed by atoms with van der Waals surface area (Å²) < 4.78 is 15.9. The lowest BCUT2D eigenvalue weighted by Gasteiger charge is -2.40. The Kier molecular flexibility index (Phi) is 5.15. The van der Waals surface area contributed by atoms with E-state index in [1.165, 1.54) is 13.2 Å². The van der Waals surface area contributed by atoms with Crippen molar-refractivity contribution in [3.63, 3.8) is 0 Å². The number of aliphatic hydroxyl groups excluding tert-OH is 4. The number of hydrogen-bond donors (Lipinski definition) is 7. The van der Waals surface area contributed by atoms with Crippen molar-refractivity contribution in [3.05, 3.63) is 34.0 Å². The molecule has 4 rings (SSSR count). The van der Waals surface area contributed by atoms with Gasteiger partial charge in [0.05, 0.1) is 24.7 Å². The van der Waals surface area contributed by atoms with Crippen LogP contribution in [0.4, 0.5) is 0 Å². The molecule has 3 aromatic rings. The van der Waals surface area contributed by atoms with Crippen LogP contribution in [0.1, 0.15) is 11.7 Å². The summed E-state index contributed by atoms with van der Waals surface area (Å²) in [5.74, 6) is -1.70. The molecule has 31 heavy (non-hydrogen) atoms. The molecular weight excluding hydrogens is 416 g/mol. The predicted molar refractivity (Wildman–Crippen MR) is 104 cm³/mol. The van der Waals surface area contributed by atoms with Gasteiger partial charge in [-0.1, -0.05) is 0 Å². The second kappa shape index (κ2) is 7.55. The summed E-state index contributed by atoms with van der Waals surface area (Å²) in [5, 5.41) is 70.6. The number of benzene rings is 2. The maximum atomic E-state index is 13.1. The fraction of sp³-hybridized carbons (Fsp3) is 0.350. The Bertz CT molecular complexity index is 1220. The van der Waals surface area contributed by atoms with Crippen molar-refractivity contribution < 1.29 is 49.6 Å². The second-order valence-corrected chi connectivity index (χ2v) is 7.23. The highest BCUT2D eigenvalue weighted by molar-refractivity contribution is 5.96. The van der Waals surface area contributed by atoms with Gasteiger partial charge in [-0.25, -0.2) is 0 Å². The zero-order valence-electron chi connectivity index (χ0n) is 16.1. The van der Waals surface area contributed by atoms with Crippen molar-refractivity contribution >= 4 is 21.9 Å². The number of aromatic hydroxyl groups is 3. The van der Waals surface area contributed by atoms with Crippen LogP contribution in [0.25, 0.3) is 21.9 Å². The van der Waals surface area contributed by atoms with Crippen LogP contribution >= 0.6 is 0 Å². The molecule has 0 amide bonds. The summed E-state index contributed by atoms with van der Waals surface area (Å²) in [4.78, 5) is 13.1. The number of methoxy groups -OCH3 is 1. The maximum absolute atomic E-state index is 13.1. The van der Waals surface area contributed by atoms with Crippen LogP contribution in [0.5, 0.6) is 23.0 Å². The number of phenols is 3. The number of phenolic OH excluding ortho intramolecular Hbond substituents is 3. The van der Waals surface area contributed by atoms with Crippen LogP contribution in [0, 0.1) is 0 Å². The van der Waals surface area contributed by atoms with E-state index in [0.717, 1.165) is 12.1 Å². The van der Waals surface area contributed by atoms with Gasteiger partial charge in [-0.15, -0.1) is 0 Å². The highest BCUT2D eigenvalue weighted by Gasteiger charge is 2.46. The molecule has 0 aliphatic carbocycles. The molecule has 2 heterocycles. The van der Waals surface area contributed by atoms with Gasteiger partial charge in [-0.2, -0.15) is 0 Å². The maximum Gasteiger partial charge on any atom is 0.204 e. The molecule has 1 saturated heterocycles. The highest BCUT2D eigenvalue weighted by Crippen LogP contribution is 2.45. The van der Waals surface area contributed by atoms with Crippen LogP contribution in [0.15, 0.2) is 27.4 Å². The lowest BCUT2D eigenvalue weighted by Crippen LogP contribution is -2.55. The third-order valence-electron chi connectivity index (χ3n) is 5.43. The summed E-state index contributed by atoms with van der Waals surface area (Å²) in [6.45, 7) is -0.716. The SMILES string of the molecule is COc1cc2c(=O)c3c(O)c(C4OC(CO)C(O)C(O)C4O)c(O)cc3oc2cc1O. The lowest BCUT2D eigenvalue weighted by atomic mass is 9.89. The van der Waals surface area contributed by atoms with E-state index in [1.807, 2.05) is 0 Å². The molecular formula is C20H20O11. The third-order valence-corrected chi connectivity index (χ3v) is 5.43. The van der Waals surface area contributed by atoms with E-state index in [4.69, 9.17) is 13.9 Å². The van der Waals surface area contributed by atoms with E-state index in [-0.39, 0.29) is 33.4 Å². The first kappa shape index (κ1) is 21.2. The van der Waals surface area contributed by atoms with E-state index in [2.05, 4.69) is 0 Å². The van der Waals surface area contributed by atoms with Crippen LogP contribution in [0.3, 0.4) is 0 Å². The summed E-state index contributed by atoms with van der Waals surface area (Å²) in [5.41, 5.74) is -1.40. The van der Waals surface area contributed by atoms with Crippen molar-refractivity contribution in [2.24, 2.45) is 0 Å². The molecule has 1 aliphatic heterocycles. The zero-order chi connectivity index (χ0) is 22.6. The average Bonchev–Trinajstić information content (AvgIpc) is 2.73.